The molecule has 0 radical (unpaired) electrons. The van der Waals surface area contributed by atoms with Crippen LogP contribution in [0.2, 0.25) is 0 Å². The second kappa shape index (κ2) is 7.77. The lowest BCUT2D eigenvalue weighted by Gasteiger charge is -2.07. The molecule has 0 fully saturated rings. The number of amides is 1. The Morgan fingerprint density at radius 1 is 1.19 bits per heavy atom. The number of carbonyl (C=O) groups excluding carboxylic acids is 1. The van der Waals surface area contributed by atoms with E-state index >= 15 is 0 Å². The van der Waals surface area contributed by atoms with E-state index in [4.69, 9.17) is 5.73 Å². The van der Waals surface area contributed by atoms with Crippen molar-refractivity contribution in [2.24, 2.45) is 5.73 Å². The maximum absolute atomic E-state index is 13.1. The molecule has 0 atom stereocenters. The van der Waals surface area contributed by atoms with Crippen LogP contribution in [0.1, 0.15) is 17.2 Å². The molecule has 140 valence electrons. The van der Waals surface area contributed by atoms with Crippen molar-refractivity contribution < 1.29 is 9.18 Å². The molecule has 0 saturated carbocycles. The van der Waals surface area contributed by atoms with Crippen LogP contribution < -0.4 is 17.0 Å². The largest absolute Gasteiger partial charge is 0.369 e. The van der Waals surface area contributed by atoms with Crippen molar-refractivity contribution in [2.45, 2.75) is 25.9 Å². The van der Waals surface area contributed by atoms with Gasteiger partial charge in [0.1, 0.15) is 11.6 Å². The summed E-state index contributed by atoms with van der Waals surface area (Å²) in [4.78, 5) is 40.6. The van der Waals surface area contributed by atoms with Gasteiger partial charge < -0.3 is 10.3 Å². The second-order valence-electron chi connectivity index (χ2n) is 5.92. The van der Waals surface area contributed by atoms with Crippen LogP contribution in [0.5, 0.6) is 0 Å². The van der Waals surface area contributed by atoms with Gasteiger partial charge in [0, 0.05) is 25.2 Å². The lowest BCUT2D eigenvalue weighted by atomic mass is 10.2. The maximum Gasteiger partial charge on any atom is 0.328 e. The molecule has 3 rings (SSSR count). The summed E-state index contributed by atoms with van der Waals surface area (Å²) in [5.41, 5.74) is 5.01. The zero-order valence-electron chi connectivity index (χ0n) is 14.3. The van der Waals surface area contributed by atoms with E-state index in [0.29, 0.717) is 18.8 Å². The van der Waals surface area contributed by atoms with E-state index in [2.05, 4.69) is 15.1 Å². The molecule has 0 saturated heterocycles. The molecular weight excluding hydrogens is 355 g/mol. The van der Waals surface area contributed by atoms with Crippen LogP contribution in [0.15, 0.2) is 46.1 Å². The molecule has 0 aliphatic carbocycles. The van der Waals surface area contributed by atoms with Crippen LogP contribution in [0.25, 0.3) is 0 Å². The van der Waals surface area contributed by atoms with Crippen LogP contribution in [0, 0.1) is 5.82 Å². The Morgan fingerprint density at radius 3 is 2.59 bits per heavy atom. The number of hydrogen-bond acceptors (Lipinski definition) is 5. The average Bonchev–Trinajstić information content (AvgIpc) is 2.96. The first-order valence-electron chi connectivity index (χ1n) is 8.16. The van der Waals surface area contributed by atoms with Gasteiger partial charge in [-0.2, -0.15) is 5.10 Å². The van der Waals surface area contributed by atoms with Gasteiger partial charge >= 0.3 is 5.69 Å². The Morgan fingerprint density at radius 2 is 1.93 bits per heavy atom. The SMILES string of the molecule is NC(=O)Cc1nc(CCn2ccc(=O)[nH]c2=O)n(Cc2ccc(F)cc2)n1. The first kappa shape index (κ1) is 18.2. The number of rotatable bonds is 7. The summed E-state index contributed by atoms with van der Waals surface area (Å²) in [5.74, 6) is -0.0936. The van der Waals surface area contributed by atoms with Gasteiger partial charge in [-0.25, -0.2) is 18.9 Å². The van der Waals surface area contributed by atoms with E-state index in [1.54, 1.807) is 16.8 Å². The Bertz CT molecular complexity index is 1070. The normalized spacial score (nSPS) is 10.9. The fourth-order valence-corrected chi connectivity index (χ4v) is 2.57. The maximum atomic E-state index is 13.1. The molecule has 2 aromatic heterocycles. The number of H-pyrrole nitrogens is 1. The molecule has 0 spiro atoms. The summed E-state index contributed by atoms with van der Waals surface area (Å²) in [6.45, 7) is 0.579. The molecule has 27 heavy (non-hydrogen) atoms. The smallest absolute Gasteiger partial charge is 0.328 e. The van der Waals surface area contributed by atoms with Crippen molar-refractivity contribution in [2.75, 3.05) is 0 Å². The first-order valence-corrected chi connectivity index (χ1v) is 8.16. The predicted octanol–water partition coefficient (Wildman–Crippen LogP) is -0.414. The number of nitrogens with one attached hydrogen (secondary N) is 1. The molecule has 10 heteroatoms. The monoisotopic (exact) mass is 372 g/mol. The summed E-state index contributed by atoms with van der Waals surface area (Å²) < 4.78 is 16.0. The van der Waals surface area contributed by atoms with E-state index in [9.17, 15) is 18.8 Å². The molecule has 9 nitrogen and oxygen atoms in total. The summed E-state index contributed by atoms with van der Waals surface area (Å²) in [5, 5.41) is 4.28. The zero-order chi connectivity index (χ0) is 19.4. The van der Waals surface area contributed by atoms with E-state index in [1.165, 1.54) is 29.0 Å². The highest BCUT2D eigenvalue weighted by Crippen LogP contribution is 2.09. The topological polar surface area (TPSA) is 129 Å². The molecule has 3 N–H and O–H groups in total. The molecular formula is C17H17FN6O3. The molecule has 2 heterocycles. The molecule has 1 aromatic carbocycles. The highest BCUT2D eigenvalue weighted by Gasteiger charge is 2.13. The Balaban J connectivity index is 1.83. The van der Waals surface area contributed by atoms with Gasteiger partial charge in [-0.05, 0) is 17.7 Å². The van der Waals surface area contributed by atoms with Crippen molar-refractivity contribution in [3.63, 3.8) is 0 Å². The Kier molecular flexibility index (Phi) is 5.25. The van der Waals surface area contributed by atoms with E-state index < -0.39 is 17.2 Å². The van der Waals surface area contributed by atoms with Gasteiger partial charge in [0.05, 0.1) is 13.0 Å². The average molecular weight is 372 g/mol. The number of aryl methyl sites for hydroxylation is 2. The van der Waals surface area contributed by atoms with Crippen molar-refractivity contribution >= 4 is 5.91 Å². The predicted molar refractivity (Wildman–Crippen MR) is 93.4 cm³/mol. The number of benzene rings is 1. The van der Waals surface area contributed by atoms with Crippen molar-refractivity contribution in [3.8, 4) is 0 Å². The minimum atomic E-state index is -0.558. The molecule has 0 aliphatic heterocycles. The standard InChI is InChI=1S/C17H17FN6O3/c18-12-3-1-11(2-4-12)10-24-15(20-14(22-24)9-13(19)25)5-7-23-8-6-16(26)21-17(23)27/h1-4,6,8H,5,7,9-10H2,(H2,19,25)(H,21,26,27). The third-order valence-corrected chi connectivity index (χ3v) is 3.84. The number of primary amides is 1. The minimum absolute atomic E-state index is 0.109. The number of hydrogen-bond donors (Lipinski definition) is 2. The Hall–Kier alpha value is -3.56. The fraction of sp³-hybridized carbons (Fsp3) is 0.235. The molecule has 0 bridgehead atoms. The number of nitrogens with zero attached hydrogens (tertiary/aromatic N) is 4. The number of aromatic amines is 1. The zero-order valence-corrected chi connectivity index (χ0v) is 14.3. The lowest BCUT2D eigenvalue weighted by molar-refractivity contribution is -0.117. The summed E-state index contributed by atoms with van der Waals surface area (Å²) in [7, 11) is 0. The number of carbonyl (C=O) groups is 1. The van der Waals surface area contributed by atoms with Crippen LogP contribution >= 0.6 is 0 Å². The summed E-state index contributed by atoms with van der Waals surface area (Å²) >= 11 is 0. The van der Waals surface area contributed by atoms with Crippen LogP contribution in [-0.2, 0) is 30.7 Å². The van der Waals surface area contributed by atoms with E-state index in [-0.39, 0.29) is 24.6 Å². The van der Waals surface area contributed by atoms with Gasteiger partial charge in [-0.1, -0.05) is 12.1 Å². The number of halogens is 1. The van der Waals surface area contributed by atoms with Crippen LogP contribution in [0.4, 0.5) is 4.39 Å². The van der Waals surface area contributed by atoms with E-state index in [0.717, 1.165) is 5.56 Å². The highest BCUT2D eigenvalue weighted by atomic mass is 19.1. The van der Waals surface area contributed by atoms with Gasteiger partial charge in [0.15, 0.2) is 5.82 Å². The van der Waals surface area contributed by atoms with E-state index in [1.807, 2.05) is 0 Å². The lowest BCUT2D eigenvalue weighted by Crippen LogP contribution is -2.29. The third kappa shape index (κ3) is 4.75. The molecule has 0 aliphatic rings. The van der Waals surface area contributed by atoms with Gasteiger partial charge in [0.2, 0.25) is 5.91 Å². The second-order valence-corrected chi connectivity index (χ2v) is 5.92. The highest BCUT2D eigenvalue weighted by molar-refractivity contribution is 5.75. The molecule has 3 aromatic rings. The molecule has 1 amide bonds. The quantitative estimate of drug-likeness (QED) is 0.582. The van der Waals surface area contributed by atoms with Crippen molar-refractivity contribution in [1.29, 1.82) is 0 Å². The first-order chi connectivity index (χ1) is 12.9. The third-order valence-electron chi connectivity index (χ3n) is 3.84. The fourth-order valence-electron chi connectivity index (χ4n) is 2.57. The number of aromatic nitrogens is 5. The number of nitrogens with two attached hydrogens (primary N) is 1. The van der Waals surface area contributed by atoms with Gasteiger partial charge in [-0.3, -0.25) is 14.6 Å². The van der Waals surface area contributed by atoms with Crippen molar-refractivity contribution in [3.05, 3.63) is 80.4 Å². The van der Waals surface area contributed by atoms with Gasteiger partial charge in [-0.15, -0.1) is 0 Å². The summed E-state index contributed by atoms with van der Waals surface area (Å²) in [6.07, 6.45) is 1.62. The van der Waals surface area contributed by atoms with Gasteiger partial charge in [0.25, 0.3) is 5.56 Å². The molecule has 0 unspecified atom stereocenters. The summed E-state index contributed by atoms with van der Waals surface area (Å²) in [6, 6.07) is 7.19. The van der Waals surface area contributed by atoms with Crippen LogP contribution in [0.3, 0.4) is 0 Å². The Labute approximate surface area is 152 Å². The van der Waals surface area contributed by atoms with Crippen molar-refractivity contribution in [1.82, 2.24) is 24.3 Å². The van der Waals surface area contributed by atoms with Crippen LogP contribution in [-0.4, -0.2) is 30.2 Å². The minimum Gasteiger partial charge on any atom is -0.369 e.